The van der Waals surface area contributed by atoms with Crippen molar-refractivity contribution < 1.29 is 4.74 Å². The smallest absolute Gasteiger partial charge is 0.0831 e. The van der Waals surface area contributed by atoms with Crippen LogP contribution in [0.5, 0.6) is 0 Å². The molecule has 0 aromatic heterocycles. The molecule has 0 aromatic carbocycles. The average Bonchev–Trinajstić information content (AvgIpc) is 2.74. The largest absolute Gasteiger partial charge is 0.377 e. The van der Waals surface area contributed by atoms with Gasteiger partial charge in [-0.1, -0.05) is 64.7 Å². The Kier molecular flexibility index (Phi) is 6.83. The highest BCUT2D eigenvalue weighted by Gasteiger charge is 2.39. The summed E-state index contributed by atoms with van der Waals surface area (Å²) in [6, 6.07) is 0.568. The van der Waals surface area contributed by atoms with E-state index in [0.29, 0.717) is 6.04 Å². The quantitative estimate of drug-likeness (QED) is 0.714. The van der Waals surface area contributed by atoms with Gasteiger partial charge in [-0.25, -0.2) is 0 Å². The first-order valence-corrected chi connectivity index (χ1v) is 9.09. The normalized spacial score (nSPS) is 26.1. The first-order chi connectivity index (χ1) is 9.80. The highest BCUT2D eigenvalue weighted by atomic mass is 16.5. The van der Waals surface area contributed by atoms with E-state index >= 15 is 0 Å². The zero-order valence-electron chi connectivity index (χ0n) is 13.8. The highest BCUT2D eigenvalue weighted by molar-refractivity contribution is 4.95. The van der Waals surface area contributed by atoms with Gasteiger partial charge >= 0.3 is 0 Å². The van der Waals surface area contributed by atoms with E-state index in [4.69, 9.17) is 4.74 Å². The van der Waals surface area contributed by atoms with E-state index in [0.717, 1.165) is 12.5 Å². The van der Waals surface area contributed by atoms with Crippen LogP contribution in [0.3, 0.4) is 0 Å². The number of rotatable bonds is 6. The fraction of sp³-hybridized carbons (Fsp3) is 1.00. The predicted octanol–water partition coefficient (Wildman–Crippen LogP) is 4.67. The summed E-state index contributed by atoms with van der Waals surface area (Å²) in [5.41, 5.74) is 0.115. The Bertz CT molecular complexity index is 252. The molecule has 0 bridgehead atoms. The lowest BCUT2D eigenvalue weighted by Gasteiger charge is -2.42. The summed E-state index contributed by atoms with van der Waals surface area (Å²) in [6.45, 7) is 3.32. The molecule has 1 N–H and O–H groups in total. The molecule has 1 atom stereocenters. The fourth-order valence-electron chi connectivity index (χ4n) is 4.51. The third-order valence-corrected chi connectivity index (χ3v) is 5.74. The van der Waals surface area contributed by atoms with Gasteiger partial charge in [0.1, 0.15) is 0 Å². The first-order valence-electron chi connectivity index (χ1n) is 9.09. The Labute approximate surface area is 126 Å². The van der Waals surface area contributed by atoms with Crippen molar-refractivity contribution in [3.63, 3.8) is 0 Å². The van der Waals surface area contributed by atoms with Gasteiger partial charge in [0.2, 0.25) is 0 Å². The van der Waals surface area contributed by atoms with Gasteiger partial charge in [0.05, 0.1) is 5.60 Å². The molecule has 0 saturated heterocycles. The minimum absolute atomic E-state index is 0.115. The number of hydrogen-bond donors (Lipinski definition) is 1. The van der Waals surface area contributed by atoms with Crippen molar-refractivity contribution in [2.24, 2.45) is 5.92 Å². The molecule has 2 aliphatic rings. The van der Waals surface area contributed by atoms with Crippen molar-refractivity contribution in [3.8, 4) is 0 Å². The van der Waals surface area contributed by atoms with Gasteiger partial charge in [-0.15, -0.1) is 0 Å². The maximum atomic E-state index is 6.15. The van der Waals surface area contributed by atoms with E-state index in [9.17, 15) is 0 Å². The maximum Gasteiger partial charge on any atom is 0.0831 e. The molecular formula is C18H35NO. The summed E-state index contributed by atoms with van der Waals surface area (Å²) in [6.07, 6.45) is 16.6. The predicted molar refractivity (Wildman–Crippen MR) is 86.1 cm³/mol. The Balaban J connectivity index is 2.02. The van der Waals surface area contributed by atoms with E-state index in [1.807, 2.05) is 7.11 Å². The van der Waals surface area contributed by atoms with E-state index < -0.39 is 0 Å². The van der Waals surface area contributed by atoms with Crippen LogP contribution in [0.25, 0.3) is 0 Å². The number of nitrogens with one attached hydrogen (secondary N) is 1. The van der Waals surface area contributed by atoms with Crippen LogP contribution in [0.4, 0.5) is 0 Å². The highest BCUT2D eigenvalue weighted by Crippen LogP contribution is 2.37. The lowest BCUT2D eigenvalue weighted by molar-refractivity contribution is -0.0590. The molecule has 2 fully saturated rings. The molecule has 0 heterocycles. The topological polar surface area (TPSA) is 21.3 Å². The van der Waals surface area contributed by atoms with Crippen LogP contribution < -0.4 is 5.32 Å². The van der Waals surface area contributed by atoms with Crippen molar-refractivity contribution in [1.29, 1.82) is 0 Å². The van der Waals surface area contributed by atoms with E-state index in [-0.39, 0.29) is 5.60 Å². The molecule has 20 heavy (non-hydrogen) atoms. The third kappa shape index (κ3) is 4.21. The summed E-state index contributed by atoms with van der Waals surface area (Å²) in [4.78, 5) is 0. The second-order valence-electron chi connectivity index (χ2n) is 7.03. The van der Waals surface area contributed by atoms with Crippen molar-refractivity contribution in [2.75, 3.05) is 13.7 Å². The van der Waals surface area contributed by atoms with Gasteiger partial charge in [-0.3, -0.25) is 0 Å². The van der Waals surface area contributed by atoms with Crippen LogP contribution in [0.15, 0.2) is 0 Å². The van der Waals surface area contributed by atoms with Crippen molar-refractivity contribution >= 4 is 0 Å². The Morgan fingerprint density at radius 3 is 2.15 bits per heavy atom. The molecule has 0 aromatic rings. The van der Waals surface area contributed by atoms with Gasteiger partial charge in [0, 0.05) is 13.2 Å². The molecule has 1 unspecified atom stereocenters. The summed E-state index contributed by atoms with van der Waals surface area (Å²) in [7, 11) is 1.95. The van der Waals surface area contributed by atoms with Crippen LogP contribution in [-0.4, -0.2) is 25.3 Å². The molecule has 0 radical (unpaired) electrons. The maximum absolute atomic E-state index is 6.15. The van der Waals surface area contributed by atoms with E-state index in [1.165, 1.54) is 77.0 Å². The number of hydrogen-bond acceptors (Lipinski definition) is 2. The molecule has 0 spiro atoms. The van der Waals surface area contributed by atoms with Crippen LogP contribution in [0, 0.1) is 5.92 Å². The summed E-state index contributed by atoms with van der Waals surface area (Å²) < 4.78 is 6.15. The minimum Gasteiger partial charge on any atom is -0.377 e. The van der Waals surface area contributed by atoms with Gasteiger partial charge in [-0.2, -0.15) is 0 Å². The second-order valence-corrected chi connectivity index (χ2v) is 7.03. The molecule has 0 aliphatic heterocycles. The molecule has 2 aliphatic carbocycles. The summed E-state index contributed by atoms with van der Waals surface area (Å²) in [5, 5.41) is 3.79. The van der Waals surface area contributed by atoms with Gasteiger partial charge < -0.3 is 10.1 Å². The third-order valence-electron chi connectivity index (χ3n) is 5.74. The zero-order valence-corrected chi connectivity index (χ0v) is 13.8. The summed E-state index contributed by atoms with van der Waals surface area (Å²) in [5.74, 6) is 0.933. The first kappa shape index (κ1) is 16.3. The molecular weight excluding hydrogens is 246 g/mol. The lowest BCUT2D eigenvalue weighted by atomic mass is 9.77. The average molecular weight is 281 g/mol. The van der Waals surface area contributed by atoms with E-state index in [1.54, 1.807) is 0 Å². The standard InChI is InChI=1S/C18H35NO/c1-3-19-17(15-16-11-7-6-8-12-16)18(20-2)13-9-4-5-10-14-18/h16-17,19H,3-15H2,1-2H3. The van der Waals surface area contributed by atoms with Crippen molar-refractivity contribution in [3.05, 3.63) is 0 Å². The van der Waals surface area contributed by atoms with Crippen molar-refractivity contribution in [2.45, 2.75) is 95.6 Å². The van der Waals surface area contributed by atoms with Crippen molar-refractivity contribution in [1.82, 2.24) is 5.32 Å². The SMILES string of the molecule is CCNC(CC1CCCCC1)C1(OC)CCCCCC1. The van der Waals surface area contributed by atoms with Crippen LogP contribution >= 0.6 is 0 Å². The Morgan fingerprint density at radius 2 is 1.60 bits per heavy atom. The Hall–Kier alpha value is -0.0800. The van der Waals surface area contributed by atoms with Crippen LogP contribution in [0.2, 0.25) is 0 Å². The number of likely N-dealkylation sites (N-methyl/N-ethyl adjacent to an activating group) is 1. The van der Waals surface area contributed by atoms with Crippen LogP contribution in [-0.2, 0) is 4.74 Å². The Morgan fingerprint density at radius 1 is 1.00 bits per heavy atom. The van der Waals surface area contributed by atoms with Gasteiger partial charge in [0.15, 0.2) is 0 Å². The zero-order chi connectivity index (χ0) is 14.3. The number of ether oxygens (including phenoxy) is 1. The summed E-state index contributed by atoms with van der Waals surface area (Å²) >= 11 is 0. The van der Waals surface area contributed by atoms with Gasteiger partial charge in [-0.05, 0) is 31.7 Å². The molecule has 118 valence electrons. The fourth-order valence-corrected chi connectivity index (χ4v) is 4.51. The molecule has 2 nitrogen and oxygen atoms in total. The molecule has 2 rings (SSSR count). The van der Waals surface area contributed by atoms with Gasteiger partial charge in [0.25, 0.3) is 0 Å². The second kappa shape index (κ2) is 8.38. The monoisotopic (exact) mass is 281 g/mol. The molecule has 2 saturated carbocycles. The molecule has 2 heteroatoms. The minimum atomic E-state index is 0.115. The van der Waals surface area contributed by atoms with Crippen LogP contribution in [0.1, 0.15) is 84.0 Å². The lowest BCUT2D eigenvalue weighted by Crippen LogP contribution is -2.52. The van der Waals surface area contributed by atoms with E-state index in [2.05, 4.69) is 12.2 Å². The molecule has 0 amide bonds. The number of methoxy groups -OCH3 is 1.